The highest BCUT2D eigenvalue weighted by molar-refractivity contribution is 7.12. The van der Waals surface area contributed by atoms with Crippen LogP contribution in [0, 0.1) is 5.82 Å². The third kappa shape index (κ3) is 1.86. The first-order chi connectivity index (χ1) is 8.74. The number of halogens is 1. The molecule has 3 aromatic rings. The highest BCUT2D eigenvalue weighted by atomic mass is 32.1. The second-order valence-corrected chi connectivity index (χ2v) is 4.56. The third-order valence-electron chi connectivity index (χ3n) is 2.46. The molecule has 4 nitrogen and oxygen atoms in total. The largest absolute Gasteiger partial charge is 0.383 e. The van der Waals surface area contributed by atoms with Gasteiger partial charge in [0.25, 0.3) is 0 Å². The summed E-state index contributed by atoms with van der Waals surface area (Å²) in [6.45, 7) is 0. The second kappa shape index (κ2) is 4.23. The number of nitrogens with two attached hydrogens (primary N) is 1. The Hall–Kier alpha value is -2.21. The second-order valence-electron chi connectivity index (χ2n) is 3.69. The number of benzene rings is 1. The molecule has 0 aliphatic heterocycles. The van der Waals surface area contributed by atoms with Crippen LogP contribution in [-0.2, 0) is 0 Å². The third-order valence-corrected chi connectivity index (χ3v) is 3.20. The lowest BCUT2D eigenvalue weighted by Gasteiger charge is -1.97. The minimum absolute atomic E-state index is 0.296. The Morgan fingerprint density at radius 2 is 2.17 bits per heavy atom. The van der Waals surface area contributed by atoms with Crippen LogP contribution in [0.15, 0.2) is 41.9 Å². The molecule has 0 fully saturated rings. The van der Waals surface area contributed by atoms with Crippen molar-refractivity contribution in [3.63, 3.8) is 0 Å². The molecule has 2 aromatic heterocycles. The summed E-state index contributed by atoms with van der Waals surface area (Å²) in [5.41, 5.74) is 7.20. The highest BCUT2D eigenvalue weighted by Crippen LogP contribution is 2.24. The minimum atomic E-state index is -0.296. The van der Waals surface area contributed by atoms with E-state index in [4.69, 9.17) is 5.73 Å². The van der Waals surface area contributed by atoms with Crippen molar-refractivity contribution < 1.29 is 4.39 Å². The van der Waals surface area contributed by atoms with Gasteiger partial charge in [-0.2, -0.15) is 9.78 Å². The molecule has 0 amide bonds. The highest BCUT2D eigenvalue weighted by Gasteiger charge is 2.10. The maximum atomic E-state index is 13.2. The van der Waals surface area contributed by atoms with Crippen LogP contribution in [0.1, 0.15) is 0 Å². The topological polar surface area (TPSA) is 56.7 Å². The smallest absolute Gasteiger partial charge is 0.212 e. The quantitative estimate of drug-likeness (QED) is 0.770. The normalized spacial score (nSPS) is 10.7. The fourth-order valence-electron chi connectivity index (χ4n) is 1.66. The lowest BCUT2D eigenvalue weighted by Crippen LogP contribution is -2.00. The van der Waals surface area contributed by atoms with Gasteiger partial charge < -0.3 is 5.73 Å². The predicted molar refractivity (Wildman–Crippen MR) is 69.0 cm³/mol. The molecular formula is C12H9FN4S. The van der Waals surface area contributed by atoms with E-state index in [0.717, 1.165) is 0 Å². The minimum Gasteiger partial charge on any atom is -0.383 e. The number of anilines is 1. The SMILES string of the molecule is Nc1cc(-c2cccc(F)c2)nn1-c1nccs1. The van der Waals surface area contributed by atoms with E-state index in [1.54, 1.807) is 29.1 Å². The van der Waals surface area contributed by atoms with Gasteiger partial charge in [0.05, 0.1) is 5.69 Å². The van der Waals surface area contributed by atoms with Crippen LogP contribution in [-0.4, -0.2) is 14.8 Å². The first-order valence-electron chi connectivity index (χ1n) is 5.25. The van der Waals surface area contributed by atoms with E-state index in [0.29, 0.717) is 22.2 Å². The molecule has 6 heteroatoms. The zero-order chi connectivity index (χ0) is 12.5. The van der Waals surface area contributed by atoms with Crippen LogP contribution in [0.4, 0.5) is 10.2 Å². The molecule has 0 saturated heterocycles. The Balaban J connectivity index is 2.08. The van der Waals surface area contributed by atoms with Gasteiger partial charge >= 0.3 is 0 Å². The molecule has 1 aromatic carbocycles. The van der Waals surface area contributed by atoms with Crippen LogP contribution >= 0.6 is 11.3 Å². The summed E-state index contributed by atoms with van der Waals surface area (Å²) in [5, 5.41) is 6.87. The summed E-state index contributed by atoms with van der Waals surface area (Å²) in [6, 6.07) is 7.95. The molecule has 0 aliphatic carbocycles. The molecule has 0 saturated carbocycles. The molecule has 2 N–H and O–H groups in total. The average Bonchev–Trinajstić information content (AvgIpc) is 2.97. The summed E-state index contributed by atoms with van der Waals surface area (Å²) in [6.07, 6.45) is 1.68. The number of thiazole rings is 1. The number of hydrogen-bond acceptors (Lipinski definition) is 4. The van der Waals surface area contributed by atoms with E-state index >= 15 is 0 Å². The van der Waals surface area contributed by atoms with Crippen molar-refractivity contribution in [2.45, 2.75) is 0 Å². The van der Waals surface area contributed by atoms with E-state index in [1.807, 2.05) is 5.38 Å². The zero-order valence-corrected chi connectivity index (χ0v) is 10.1. The van der Waals surface area contributed by atoms with Gasteiger partial charge in [-0.3, -0.25) is 0 Å². The van der Waals surface area contributed by atoms with Crippen molar-refractivity contribution in [3.8, 4) is 16.4 Å². The summed E-state index contributed by atoms with van der Waals surface area (Å²) >= 11 is 1.44. The van der Waals surface area contributed by atoms with Crippen molar-refractivity contribution in [3.05, 3.63) is 47.7 Å². The van der Waals surface area contributed by atoms with E-state index in [9.17, 15) is 4.39 Å². The first-order valence-corrected chi connectivity index (χ1v) is 6.13. The molecule has 0 bridgehead atoms. The predicted octanol–water partition coefficient (Wildman–Crippen LogP) is 2.72. The standard InChI is InChI=1S/C12H9FN4S/c13-9-3-1-2-8(6-9)10-7-11(14)17(16-10)12-15-4-5-18-12/h1-7H,14H2. The Labute approximate surface area is 107 Å². The lowest BCUT2D eigenvalue weighted by atomic mass is 10.1. The molecule has 3 rings (SSSR count). The van der Waals surface area contributed by atoms with Crippen molar-refractivity contribution in [1.82, 2.24) is 14.8 Å². The van der Waals surface area contributed by atoms with Crippen molar-refractivity contribution in [2.24, 2.45) is 0 Å². The van der Waals surface area contributed by atoms with E-state index in [2.05, 4.69) is 10.1 Å². The summed E-state index contributed by atoms with van der Waals surface area (Å²) in [4.78, 5) is 4.14. The summed E-state index contributed by atoms with van der Waals surface area (Å²) in [5.74, 6) is 0.180. The fraction of sp³-hybridized carbons (Fsp3) is 0. The van der Waals surface area contributed by atoms with Crippen LogP contribution in [0.5, 0.6) is 0 Å². The number of rotatable bonds is 2. The maximum absolute atomic E-state index is 13.2. The molecular weight excluding hydrogens is 251 g/mol. The van der Waals surface area contributed by atoms with E-state index in [-0.39, 0.29) is 5.82 Å². The Morgan fingerprint density at radius 3 is 2.89 bits per heavy atom. The summed E-state index contributed by atoms with van der Waals surface area (Å²) < 4.78 is 14.7. The van der Waals surface area contributed by atoms with Crippen molar-refractivity contribution in [1.29, 1.82) is 0 Å². The van der Waals surface area contributed by atoms with Crippen molar-refractivity contribution in [2.75, 3.05) is 5.73 Å². The van der Waals surface area contributed by atoms with Crippen LogP contribution < -0.4 is 5.73 Å². The summed E-state index contributed by atoms with van der Waals surface area (Å²) in [7, 11) is 0. The van der Waals surface area contributed by atoms with Gasteiger partial charge in [0, 0.05) is 23.2 Å². The van der Waals surface area contributed by atoms with Gasteiger partial charge in [-0.1, -0.05) is 12.1 Å². The van der Waals surface area contributed by atoms with Gasteiger partial charge in [0.2, 0.25) is 5.13 Å². The van der Waals surface area contributed by atoms with E-state index in [1.165, 1.54) is 23.5 Å². The number of nitrogens with zero attached hydrogens (tertiary/aromatic N) is 3. The lowest BCUT2D eigenvalue weighted by molar-refractivity contribution is 0.628. The Bertz CT molecular complexity index is 675. The Morgan fingerprint density at radius 1 is 1.28 bits per heavy atom. The molecule has 0 radical (unpaired) electrons. The maximum Gasteiger partial charge on any atom is 0.212 e. The number of nitrogen functional groups attached to an aromatic ring is 1. The van der Waals surface area contributed by atoms with Gasteiger partial charge in [-0.05, 0) is 12.1 Å². The Kier molecular flexibility index (Phi) is 2.56. The van der Waals surface area contributed by atoms with Crippen LogP contribution in [0.25, 0.3) is 16.4 Å². The fourth-order valence-corrected chi connectivity index (χ4v) is 2.27. The average molecular weight is 260 g/mol. The van der Waals surface area contributed by atoms with Gasteiger partial charge in [-0.25, -0.2) is 9.37 Å². The molecule has 0 unspecified atom stereocenters. The number of aromatic nitrogens is 3. The number of hydrogen-bond donors (Lipinski definition) is 1. The monoisotopic (exact) mass is 260 g/mol. The van der Waals surface area contributed by atoms with Crippen LogP contribution in [0.3, 0.4) is 0 Å². The molecule has 18 heavy (non-hydrogen) atoms. The molecule has 0 atom stereocenters. The van der Waals surface area contributed by atoms with Crippen molar-refractivity contribution >= 4 is 17.2 Å². The van der Waals surface area contributed by atoms with Gasteiger partial charge in [0.15, 0.2) is 0 Å². The zero-order valence-electron chi connectivity index (χ0n) is 9.25. The molecule has 2 heterocycles. The molecule has 0 spiro atoms. The first kappa shape index (κ1) is 10.9. The molecule has 90 valence electrons. The van der Waals surface area contributed by atoms with Crippen LogP contribution in [0.2, 0.25) is 0 Å². The van der Waals surface area contributed by atoms with E-state index < -0.39 is 0 Å². The van der Waals surface area contributed by atoms with Gasteiger partial charge in [-0.15, -0.1) is 11.3 Å². The molecule has 0 aliphatic rings. The van der Waals surface area contributed by atoms with Gasteiger partial charge in [0.1, 0.15) is 11.6 Å².